The van der Waals surface area contributed by atoms with Gasteiger partial charge in [0.15, 0.2) is 0 Å². The number of nitrogens with zero attached hydrogens (tertiary/aromatic N) is 3. The van der Waals surface area contributed by atoms with Gasteiger partial charge >= 0.3 is 0 Å². The summed E-state index contributed by atoms with van der Waals surface area (Å²) in [5.74, 6) is -0.193. The summed E-state index contributed by atoms with van der Waals surface area (Å²) in [6, 6.07) is 0. The number of nitrogens with one attached hydrogen (secondary N) is 1. The van der Waals surface area contributed by atoms with Gasteiger partial charge in [0.1, 0.15) is 6.33 Å². The topological polar surface area (TPSA) is 80.0 Å². The van der Waals surface area contributed by atoms with Crippen molar-refractivity contribution in [3.05, 3.63) is 12.2 Å². The van der Waals surface area contributed by atoms with Gasteiger partial charge in [0.2, 0.25) is 5.82 Å². The molecule has 0 aliphatic rings. The number of rotatable bonds is 4. The standard InChI is InChI=1S/C14H26N4O2/c1-12(2,3)18-9-15-10(17-18)11(20)16-14(6,7)13(4,5)8-19/h9,19H,8H2,1-7H3,(H,16,20). The monoisotopic (exact) mass is 282 g/mol. The zero-order chi connectivity index (χ0) is 15.8. The van der Waals surface area contributed by atoms with Gasteiger partial charge in [-0.25, -0.2) is 9.67 Å². The van der Waals surface area contributed by atoms with Gasteiger partial charge in [0.25, 0.3) is 5.91 Å². The summed E-state index contributed by atoms with van der Waals surface area (Å²) in [6.45, 7) is 13.5. The van der Waals surface area contributed by atoms with E-state index >= 15 is 0 Å². The molecule has 1 heterocycles. The minimum atomic E-state index is -0.577. The van der Waals surface area contributed by atoms with Crippen molar-refractivity contribution in [1.82, 2.24) is 20.1 Å². The van der Waals surface area contributed by atoms with E-state index in [0.29, 0.717) is 0 Å². The molecule has 0 bridgehead atoms. The Bertz CT molecular complexity index is 484. The van der Waals surface area contributed by atoms with Crippen LogP contribution in [0.5, 0.6) is 0 Å². The van der Waals surface area contributed by atoms with Gasteiger partial charge in [-0.3, -0.25) is 4.79 Å². The van der Waals surface area contributed by atoms with Crippen LogP contribution in [0.15, 0.2) is 6.33 Å². The average Bonchev–Trinajstić information content (AvgIpc) is 2.76. The number of aliphatic hydroxyl groups excluding tert-OH is 1. The molecular weight excluding hydrogens is 256 g/mol. The molecule has 6 nitrogen and oxygen atoms in total. The number of aliphatic hydroxyl groups is 1. The van der Waals surface area contributed by atoms with E-state index in [2.05, 4.69) is 15.4 Å². The second-order valence-corrected chi connectivity index (χ2v) is 7.30. The zero-order valence-electron chi connectivity index (χ0n) is 13.5. The van der Waals surface area contributed by atoms with E-state index in [1.54, 1.807) is 11.0 Å². The molecule has 0 aliphatic carbocycles. The van der Waals surface area contributed by atoms with Crippen molar-refractivity contribution in [2.45, 2.75) is 59.5 Å². The van der Waals surface area contributed by atoms with Crippen molar-refractivity contribution < 1.29 is 9.90 Å². The zero-order valence-corrected chi connectivity index (χ0v) is 13.5. The molecule has 0 saturated heterocycles. The van der Waals surface area contributed by atoms with Crippen molar-refractivity contribution in [2.24, 2.45) is 5.41 Å². The van der Waals surface area contributed by atoms with Gasteiger partial charge in [0, 0.05) is 11.0 Å². The third kappa shape index (κ3) is 3.36. The maximum absolute atomic E-state index is 12.2. The largest absolute Gasteiger partial charge is 0.396 e. The maximum atomic E-state index is 12.2. The predicted molar refractivity (Wildman–Crippen MR) is 77.4 cm³/mol. The van der Waals surface area contributed by atoms with Crippen molar-refractivity contribution >= 4 is 5.91 Å². The molecular formula is C14H26N4O2. The van der Waals surface area contributed by atoms with E-state index in [1.165, 1.54) is 0 Å². The normalized spacial score (nSPS) is 13.4. The lowest BCUT2D eigenvalue weighted by Gasteiger charge is -2.40. The Morgan fingerprint density at radius 1 is 1.25 bits per heavy atom. The molecule has 1 aromatic rings. The molecule has 114 valence electrons. The second-order valence-electron chi connectivity index (χ2n) is 7.30. The molecule has 1 amide bonds. The molecule has 2 N–H and O–H groups in total. The van der Waals surface area contributed by atoms with E-state index in [1.807, 2.05) is 48.5 Å². The summed E-state index contributed by atoms with van der Waals surface area (Å²) in [5, 5.41) is 16.5. The second kappa shape index (κ2) is 5.16. The quantitative estimate of drug-likeness (QED) is 0.878. The average molecular weight is 282 g/mol. The first kappa shape index (κ1) is 16.6. The molecule has 0 fully saturated rings. The predicted octanol–water partition coefficient (Wildman–Crippen LogP) is 1.56. The van der Waals surface area contributed by atoms with Gasteiger partial charge in [-0.15, -0.1) is 5.10 Å². The number of hydrogen-bond acceptors (Lipinski definition) is 4. The summed E-state index contributed by atoms with van der Waals surface area (Å²) in [6.07, 6.45) is 1.55. The van der Waals surface area contributed by atoms with E-state index in [4.69, 9.17) is 0 Å². The van der Waals surface area contributed by atoms with Crippen LogP contribution in [0.4, 0.5) is 0 Å². The van der Waals surface area contributed by atoms with E-state index in [9.17, 15) is 9.90 Å². The molecule has 0 unspecified atom stereocenters. The number of carbonyl (C=O) groups is 1. The first-order valence-corrected chi connectivity index (χ1v) is 6.76. The van der Waals surface area contributed by atoms with E-state index < -0.39 is 11.0 Å². The molecule has 0 saturated carbocycles. The first-order chi connectivity index (χ1) is 8.90. The third-order valence-corrected chi connectivity index (χ3v) is 3.90. The molecule has 0 aromatic carbocycles. The summed E-state index contributed by atoms with van der Waals surface area (Å²) < 4.78 is 1.66. The lowest BCUT2D eigenvalue weighted by molar-refractivity contribution is 0.0565. The Morgan fingerprint density at radius 3 is 2.20 bits per heavy atom. The van der Waals surface area contributed by atoms with Crippen LogP contribution in [0, 0.1) is 5.41 Å². The molecule has 0 spiro atoms. The molecule has 0 aliphatic heterocycles. The summed E-state index contributed by atoms with van der Waals surface area (Å²) in [7, 11) is 0. The molecule has 0 atom stereocenters. The van der Waals surface area contributed by atoms with Gasteiger partial charge in [-0.05, 0) is 34.6 Å². The Hall–Kier alpha value is -1.43. The van der Waals surface area contributed by atoms with Crippen LogP contribution >= 0.6 is 0 Å². The highest BCUT2D eigenvalue weighted by Gasteiger charge is 2.38. The summed E-state index contributed by atoms with van der Waals surface area (Å²) in [4.78, 5) is 16.3. The van der Waals surface area contributed by atoms with Crippen LogP contribution in [-0.2, 0) is 5.54 Å². The molecule has 1 rings (SSSR count). The van der Waals surface area contributed by atoms with Crippen LogP contribution in [0.3, 0.4) is 0 Å². The molecule has 6 heteroatoms. The number of amides is 1. The van der Waals surface area contributed by atoms with Gasteiger partial charge < -0.3 is 10.4 Å². The SMILES string of the molecule is CC(C)(C)n1cnc(C(=O)NC(C)(C)C(C)(C)CO)n1. The van der Waals surface area contributed by atoms with Crippen molar-refractivity contribution in [3.63, 3.8) is 0 Å². The Morgan fingerprint density at radius 2 is 1.80 bits per heavy atom. The van der Waals surface area contributed by atoms with Crippen LogP contribution < -0.4 is 5.32 Å². The third-order valence-electron chi connectivity index (χ3n) is 3.90. The van der Waals surface area contributed by atoms with Gasteiger partial charge in [0.05, 0.1) is 12.1 Å². The summed E-state index contributed by atoms with van der Waals surface area (Å²) >= 11 is 0. The Labute approximate surface area is 120 Å². The van der Waals surface area contributed by atoms with Crippen molar-refractivity contribution in [2.75, 3.05) is 6.61 Å². The number of hydrogen-bond donors (Lipinski definition) is 2. The van der Waals surface area contributed by atoms with E-state index in [-0.39, 0.29) is 23.9 Å². The lowest BCUT2D eigenvalue weighted by atomic mass is 9.75. The highest BCUT2D eigenvalue weighted by atomic mass is 16.3. The fraction of sp³-hybridized carbons (Fsp3) is 0.786. The fourth-order valence-electron chi connectivity index (χ4n) is 1.40. The van der Waals surface area contributed by atoms with Crippen molar-refractivity contribution in [1.29, 1.82) is 0 Å². The van der Waals surface area contributed by atoms with Gasteiger partial charge in [-0.2, -0.15) is 0 Å². The van der Waals surface area contributed by atoms with Crippen LogP contribution in [0.25, 0.3) is 0 Å². The lowest BCUT2D eigenvalue weighted by Crippen LogP contribution is -2.55. The van der Waals surface area contributed by atoms with Crippen molar-refractivity contribution in [3.8, 4) is 0 Å². The molecule has 1 aromatic heterocycles. The maximum Gasteiger partial charge on any atom is 0.291 e. The first-order valence-electron chi connectivity index (χ1n) is 6.76. The Kier molecular flexibility index (Phi) is 4.29. The smallest absolute Gasteiger partial charge is 0.291 e. The fourth-order valence-corrected chi connectivity index (χ4v) is 1.40. The molecule has 0 radical (unpaired) electrons. The molecule has 20 heavy (non-hydrogen) atoms. The highest BCUT2D eigenvalue weighted by molar-refractivity contribution is 5.90. The van der Waals surface area contributed by atoms with Crippen LogP contribution in [-0.4, -0.2) is 37.9 Å². The Balaban J connectivity index is 2.90. The number of aromatic nitrogens is 3. The summed E-state index contributed by atoms with van der Waals surface area (Å²) in [5.41, 5.74) is -1.24. The van der Waals surface area contributed by atoms with Crippen LogP contribution in [0.1, 0.15) is 59.1 Å². The minimum absolute atomic E-state index is 0.0237. The highest BCUT2D eigenvalue weighted by Crippen LogP contribution is 2.29. The number of carbonyl (C=O) groups excluding carboxylic acids is 1. The van der Waals surface area contributed by atoms with Gasteiger partial charge in [-0.1, -0.05) is 13.8 Å². The van der Waals surface area contributed by atoms with E-state index in [0.717, 1.165) is 0 Å². The van der Waals surface area contributed by atoms with Crippen LogP contribution in [0.2, 0.25) is 0 Å². The minimum Gasteiger partial charge on any atom is -0.396 e.